The van der Waals surface area contributed by atoms with Crippen molar-refractivity contribution in [2.75, 3.05) is 18.1 Å². The third-order valence-corrected chi connectivity index (χ3v) is 5.08. The van der Waals surface area contributed by atoms with Crippen LogP contribution in [0.5, 0.6) is 5.75 Å². The first kappa shape index (κ1) is 20.8. The fourth-order valence-electron chi connectivity index (χ4n) is 3.60. The fraction of sp³-hybridized carbons (Fsp3) is 0.391. The molecule has 1 unspecified atom stereocenters. The predicted molar refractivity (Wildman–Crippen MR) is 111 cm³/mol. The van der Waals surface area contributed by atoms with Gasteiger partial charge in [-0.15, -0.1) is 0 Å². The van der Waals surface area contributed by atoms with Gasteiger partial charge in [0.05, 0.1) is 12.3 Å². The van der Waals surface area contributed by atoms with Crippen LogP contribution < -0.4 is 15.0 Å². The molecule has 3 rings (SSSR count). The highest BCUT2D eigenvalue weighted by Gasteiger charge is 2.33. The second kappa shape index (κ2) is 9.07. The fourth-order valence-corrected chi connectivity index (χ4v) is 3.60. The average molecular weight is 398 g/mol. The molecule has 1 N–H and O–H groups in total. The number of nitrogens with zero attached hydrogens (tertiary/aromatic N) is 1. The van der Waals surface area contributed by atoms with E-state index in [0.717, 1.165) is 18.4 Å². The van der Waals surface area contributed by atoms with E-state index in [4.69, 9.17) is 4.74 Å². The zero-order valence-corrected chi connectivity index (χ0v) is 17.1. The lowest BCUT2D eigenvalue weighted by Gasteiger charge is -2.34. The Bertz CT molecular complexity index is 880. The van der Waals surface area contributed by atoms with E-state index in [-0.39, 0.29) is 17.7 Å². The largest absolute Gasteiger partial charge is 0.494 e. The Hall–Kier alpha value is -2.89. The lowest BCUT2D eigenvalue weighted by atomic mass is 9.97. The molecular weight excluding hydrogens is 371 g/mol. The van der Waals surface area contributed by atoms with Crippen molar-refractivity contribution in [3.05, 3.63) is 59.4 Å². The number of anilines is 1. The Morgan fingerprint density at radius 2 is 1.90 bits per heavy atom. The number of amides is 2. The molecule has 0 aromatic heterocycles. The van der Waals surface area contributed by atoms with Crippen molar-refractivity contribution < 1.29 is 18.7 Å². The molecule has 0 fully saturated rings. The molecule has 2 aromatic rings. The molecule has 1 atom stereocenters. The molecule has 6 heteroatoms. The number of nitrogens with one attached hydrogen (secondary N) is 1. The normalized spacial score (nSPS) is 14.3. The number of fused-ring (bicyclic) bond motifs is 1. The van der Waals surface area contributed by atoms with Crippen molar-refractivity contribution in [3.63, 3.8) is 0 Å². The van der Waals surface area contributed by atoms with Gasteiger partial charge in [0.2, 0.25) is 5.91 Å². The molecule has 0 saturated carbocycles. The predicted octanol–water partition coefficient (Wildman–Crippen LogP) is 3.96. The van der Waals surface area contributed by atoms with E-state index in [0.29, 0.717) is 30.2 Å². The first-order valence-electron chi connectivity index (χ1n) is 10.0. The number of hydrogen-bond acceptors (Lipinski definition) is 3. The van der Waals surface area contributed by atoms with E-state index in [2.05, 4.69) is 5.32 Å². The third kappa shape index (κ3) is 4.58. The number of carbonyl (C=O) groups excluding carboxylic acids is 2. The Kier molecular flexibility index (Phi) is 6.52. The molecule has 0 radical (unpaired) electrons. The SMILES string of the molecule is CCOc1ccc(C(=O)NC(C(=O)N2CCCc3cccc(F)c32)C(C)C)cc1. The van der Waals surface area contributed by atoms with Crippen LogP contribution in [0.4, 0.5) is 10.1 Å². The van der Waals surface area contributed by atoms with E-state index in [1.165, 1.54) is 11.0 Å². The van der Waals surface area contributed by atoms with Gasteiger partial charge in [-0.2, -0.15) is 0 Å². The van der Waals surface area contributed by atoms with Gasteiger partial charge in [0.1, 0.15) is 17.6 Å². The zero-order valence-electron chi connectivity index (χ0n) is 17.1. The first-order valence-corrected chi connectivity index (χ1v) is 10.0. The van der Waals surface area contributed by atoms with Crippen LogP contribution in [0.1, 0.15) is 43.1 Å². The number of carbonyl (C=O) groups is 2. The van der Waals surface area contributed by atoms with Crippen LogP contribution in [0.2, 0.25) is 0 Å². The summed E-state index contributed by atoms with van der Waals surface area (Å²) in [5.74, 6) is -0.501. The minimum atomic E-state index is -0.750. The summed E-state index contributed by atoms with van der Waals surface area (Å²) in [4.78, 5) is 27.5. The maximum atomic E-state index is 14.5. The molecule has 0 aliphatic carbocycles. The van der Waals surface area contributed by atoms with Gasteiger partial charge < -0.3 is 15.0 Å². The smallest absolute Gasteiger partial charge is 0.251 e. The molecule has 2 aromatic carbocycles. The molecule has 0 saturated heterocycles. The average Bonchev–Trinajstić information content (AvgIpc) is 2.71. The minimum Gasteiger partial charge on any atom is -0.494 e. The van der Waals surface area contributed by atoms with Crippen LogP contribution in [0.15, 0.2) is 42.5 Å². The molecule has 0 spiro atoms. The Balaban J connectivity index is 1.80. The summed E-state index contributed by atoms with van der Waals surface area (Å²) in [6.07, 6.45) is 1.50. The van der Waals surface area contributed by atoms with E-state index >= 15 is 0 Å². The molecule has 5 nitrogen and oxygen atoms in total. The van der Waals surface area contributed by atoms with Gasteiger partial charge in [-0.25, -0.2) is 4.39 Å². The van der Waals surface area contributed by atoms with Crippen molar-refractivity contribution in [1.82, 2.24) is 5.32 Å². The van der Waals surface area contributed by atoms with Gasteiger partial charge in [0, 0.05) is 12.1 Å². The van der Waals surface area contributed by atoms with E-state index < -0.39 is 11.9 Å². The quantitative estimate of drug-likeness (QED) is 0.801. The van der Waals surface area contributed by atoms with Crippen LogP contribution in [-0.2, 0) is 11.2 Å². The Labute approximate surface area is 170 Å². The summed E-state index contributed by atoms with van der Waals surface area (Å²) in [5.41, 5.74) is 1.60. The van der Waals surface area contributed by atoms with Crippen LogP contribution in [0.3, 0.4) is 0 Å². The zero-order chi connectivity index (χ0) is 21.0. The maximum absolute atomic E-state index is 14.5. The number of halogens is 1. The summed E-state index contributed by atoms with van der Waals surface area (Å²) in [7, 11) is 0. The van der Waals surface area contributed by atoms with Crippen molar-refractivity contribution >= 4 is 17.5 Å². The highest BCUT2D eigenvalue weighted by molar-refractivity contribution is 6.03. The lowest BCUT2D eigenvalue weighted by Crippen LogP contribution is -2.52. The van der Waals surface area contributed by atoms with E-state index in [9.17, 15) is 14.0 Å². The molecule has 1 aliphatic heterocycles. The number of aryl methyl sites for hydroxylation is 1. The molecule has 1 heterocycles. The van der Waals surface area contributed by atoms with E-state index in [1.54, 1.807) is 30.3 Å². The number of benzene rings is 2. The summed E-state index contributed by atoms with van der Waals surface area (Å²) in [6.45, 7) is 6.61. The highest BCUT2D eigenvalue weighted by atomic mass is 19.1. The molecule has 1 aliphatic rings. The second-order valence-electron chi connectivity index (χ2n) is 7.49. The monoisotopic (exact) mass is 398 g/mol. The van der Waals surface area contributed by atoms with Crippen LogP contribution >= 0.6 is 0 Å². The van der Waals surface area contributed by atoms with Gasteiger partial charge in [0.25, 0.3) is 5.91 Å². The summed E-state index contributed by atoms with van der Waals surface area (Å²) >= 11 is 0. The van der Waals surface area contributed by atoms with Crippen molar-refractivity contribution in [2.45, 2.75) is 39.7 Å². The van der Waals surface area contributed by atoms with Crippen LogP contribution in [0, 0.1) is 11.7 Å². The third-order valence-electron chi connectivity index (χ3n) is 5.08. The number of ether oxygens (including phenoxy) is 1. The van der Waals surface area contributed by atoms with Gasteiger partial charge in [-0.3, -0.25) is 9.59 Å². The maximum Gasteiger partial charge on any atom is 0.251 e. The summed E-state index contributed by atoms with van der Waals surface area (Å²) in [6, 6.07) is 10.9. The Morgan fingerprint density at radius 3 is 2.55 bits per heavy atom. The molecule has 154 valence electrons. The van der Waals surface area contributed by atoms with Gasteiger partial charge in [-0.05, 0) is 61.6 Å². The topological polar surface area (TPSA) is 58.6 Å². The summed E-state index contributed by atoms with van der Waals surface area (Å²) < 4.78 is 19.9. The Morgan fingerprint density at radius 1 is 1.17 bits per heavy atom. The summed E-state index contributed by atoms with van der Waals surface area (Å²) in [5, 5.41) is 2.84. The molecule has 2 amide bonds. The highest BCUT2D eigenvalue weighted by Crippen LogP contribution is 2.31. The van der Waals surface area contributed by atoms with Gasteiger partial charge in [-0.1, -0.05) is 26.0 Å². The van der Waals surface area contributed by atoms with Gasteiger partial charge >= 0.3 is 0 Å². The molecular formula is C23H27FN2O3. The molecule has 0 bridgehead atoms. The second-order valence-corrected chi connectivity index (χ2v) is 7.49. The minimum absolute atomic E-state index is 0.147. The number of rotatable bonds is 6. The van der Waals surface area contributed by atoms with Crippen molar-refractivity contribution in [3.8, 4) is 5.75 Å². The van der Waals surface area contributed by atoms with Crippen molar-refractivity contribution in [1.29, 1.82) is 0 Å². The van der Waals surface area contributed by atoms with E-state index in [1.807, 2.05) is 26.8 Å². The van der Waals surface area contributed by atoms with Crippen molar-refractivity contribution in [2.24, 2.45) is 5.92 Å². The first-order chi connectivity index (χ1) is 13.9. The van der Waals surface area contributed by atoms with Crippen LogP contribution in [0.25, 0.3) is 0 Å². The number of para-hydroxylation sites is 1. The standard InChI is InChI=1S/C23H27FN2O3/c1-4-29-18-12-10-17(11-13-18)22(27)25-20(15(2)3)23(28)26-14-6-8-16-7-5-9-19(24)21(16)26/h5,7,9-13,15,20H,4,6,8,14H2,1-3H3,(H,25,27). The van der Waals surface area contributed by atoms with Gasteiger partial charge in [0.15, 0.2) is 0 Å². The molecule has 29 heavy (non-hydrogen) atoms. The van der Waals surface area contributed by atoms with Crippen LogP contribution in [-0.4, -0.2) is 31.0 Å². The lowest BCUT2D eigenvalue weighted by molar-refractivity contribution is -0.121. The number of hydrogen-bond donors (Lipinski definition) is 1.